The standard InChI is InChI=1S/C13H18N2O4S/c1-3-19-13-7-6-11(8-12(13)14-9(2)16)20(17,18)15-10-4-5-10/h6-8,10,15H,3-5H2,1-2H3,(H,14,16). The van der Waals surface area contributed by atoms with E-state index in [0.717, 1.165) is 12.8 Å². The van der Waals surface area contributed by atoms with Crippen LogP contribution in [0.15, 0.2) is 23.1 Å². The van der Waals surface area contributed by atoms with Crippen LogP contribution in [0.4, 0.5) is 5.69 Å². The summed E-state index contributed by atoms with van der Waals surface area (Å²) in [5, 5.41) is 2.58. The molecule has 20 heavy (non-hydrogen) atoms. The van der Waals surface area contributed by atoms with Gasteiger partial charge in [-0.2, -0.15) is 0 Å². The Morgan fingerprint density at radius 1 is 1.40 bits per heavy atom. The quantitative estimate of drug-likeness (QED) is 0.833. The van der Waals surface area contributed by atoms with Gasteiger partial charge < -0.3 is 10.1 Å². The summed E-state index contributed by atoms with van der Waals surface area (Å²) in [5.41, 5.74) is 0.359. The zero-order chi connectivity index (χ0) is 14.8. The number of sulfonamides is 1. The van der Waals surface area contributed by atoms with Crippen LogP contribution in [-0.4, -0.2) is 27.0 Å². The Morgan fingerprint density at radius 3 is 2.65 bits per heavy atom. The van der Waals surface area contributed by atoms with Crippen LogP contribution in [0, 0.1) is 0 Å². The fourth-order valence-corrected chi connectivity index (χ4v) is 3.06. The Labute approximate surface area is 118 Å². The minimum absolute atomic E-state index is 0.0378. The number of hydrogen-bond acceptors (Lipinski definition) is 4. The third-order valence-electron chi connectivity index (χ3n) is 2.77. The number of anilines is 1. The molecular formula is C13H18N2O4S. The summed E-state index contributed by atoms with van der Waals surface area (Å²) in [5.74, 6) is 0.170. The second-order valence-electron chi connectivity index (χ2n) is 4.67. The summed E-state index contributed by atoms with van der Waals surface area (Å²) in [6.07, 6.45) is 1.74. The van der Waals surface area contributed by atoms with E-state index in [9.17, 15) is 13.2 Å². The molecule has 0 radical (unpaired) electrons. The van der Waals surface area contributed by atoms with Crippen molar-refractivity contribution >= 4 is 21.6 Å². The van der Waals surface area contributed by atoms with E-state index in [2.05, 4.69) is 10.0 Å². The zero-order valence-corrected chi connectivity index (χ0v) is 12.3. The lowest BCUT2D eigenvalue weighted by Gasteiger charge is -2.13. The third-order valence-corrected chi connectivity index (χ3v) is 4.29. The Bertz CT molecular complexity index is 609. The SMILES string of the molecule is CCOc1ccc(S(=O)(=O)NC2CC2)cc1NC(C)=O. The summed E-state index contributed by atoms with van der Waals surface area (Å²) in [4.78, 5) is 11.3. The van der Waals surface area contributed by atoms with E-state index in [1.165, 1.54) is 19.1 Å². The van der Waals surface area contributed by atoms with E-state index in [0.29, 0.717) is 18.0 Å². The molecule has 0 heterocycles. The fourth-order valence-electron chi connectivity index (χ4n) is 1.73. The van der Waals surface area contributed by atoms with Crippen LogP contribution in [-0.2, 0) is 14.8 Å². The van der Waals surface area contributed by atoms with Crippen molar-refractivity contribution in [2.75, 3.05) is 11.9 Å². The van der Waals surface area contributed by atoms with Crippen molar-refractivity contribution in [2.24, 2.45) is 0 Å². The number of ether oxygens (including phenoxy) is 1. The van der Waals surface area contributed by atoms with Gasteiger partial charge in [0.25, 0.3) is 0 Å². The van der Waals surface area contributed by atoms with Crippen LogP contribution >= 0.6 is 0 Å². The third kappa shape index (κ3) is 3.71. The fraction of sp³-hybridized carbons (Fsp3) is 0.462. The first-order valence-electron chi connectivity index (χ1n) is 6.49. The summed E-state index contributed by atoms with van der Waals surface area (Å²) in [6, 6.07) is 4.48. The number of amides is 1. The Morgan fingerprint density at radius 2 is 2.10 bits per heavy atom. The lowest BCUT2D eigenvalue weighted by atomic mass is 10.3. The van der Waals surface area contributed by atoms with Gasteiger partial charge in [0, 0.05) is 13.0 Å². The molecule has 0 unspecified atom stereocenters. The van der Waals surface area contributed by atoms with E-state index >= 15 is 0 Å². The van der Waals surface area contributed by atoms with Gasteiger partial charge in [0.1, 0.15) is 5.75 Å². The van der Waals surface area contributed by atoms with Gasteiger partial charge in [0.15, 0.2) is 0 Å². The molecule has 110 valence electrons. The molecule has 7 heteroatoms. The first-order chi connectivity index (χ1) is 9.42. The lowest BCUT2D eigenvalue weighted by molar-refractivity contribution is -0.114. The topological polar surface area (TPSA) is 84.5 Å². The maximum atomic E-state index is 12.1. The van der Waals surface area contributed by atoms with Crippen LogP contribution in [0.25, 0.3) is 0 Å². The molecule has 2 rings (SSSR count). The molecule has 0 aliphatic heterocycles. The average molecular weight is 298 g/mol. The van der Waals surface area contributed by atoms with Gasteiger partial charge in [0.05, 0.1) is 17.2 Å². The van der Waals surface area contributed by atoms with Gasteiger partial charge in [-0.15, -0.1) is 0 Å². The second kappa shape index (κ2) is 5.80. The largest absolute Gasteiger partial charge is 0.492 e. The summed E-state index contributed by atoms with van der Waals surface area (Å²) in [6.45, 7) is 3.61. The molecule has 1 aliphatic carbocycles. The van der Waals surface area contributed by atoms with E-state index in [-0.39, 0.29) is 16.8 Å². The van der Waals surface area contributed by atoms with Gasteiger partial charge in [-0.25, -0.2) is 13.1 Å². The summed E-state index contributed by atoms with van der Waals surface area (Å²) < 4.78 is 32.2. The normalized spacial score (nSPS) is 14.9. The van der Waals surface area contributed by atoms with Crippen molar-refractivity contribution in [3.8, 4) is 5.75 Å². The monoisotopic (exact) mass is 298 g/mol. The number of hydrogen-bond donors (Lipinski definition) is 2. The van der Waals surface area contributed by atoms with Crippen molar-refractivity contribution < 1.29 is 17.9 Å². The Kier molecular flexibility index (Phi) is 4.29. The number of nitrogens with one attached hydrogen (secondary N) is 2. The Balaban J connectivity index is 2.32. The molecule has 6 nitrogen and oxygen atoms in total. The van der Waals surface area contributed by atoms with Crippen LogP contribution in [0.3, 0.4) is 0 Å². The highest BCUT2D eigenvalue weighted by atomic mass is 32.2. The van der Waals surface area contributed by atoms with Crippen LogP contribution in [0.5, 0.6) is 5.75 Å². The molecule has 1 aliphatic rings. The predicted molar refractivity (Wildman–Crippen MR) is 75.3 cm³/mol. The van der Waals surface area contributed by atoms with Crippen molar-refractivity contribution in [1.29, 1.82) is 0 Å². The molecule has 0 aromatic heterocycles. The number of carbonyl (C=O) groups excluding carboxylic acids is 1. The first kappa shape index (κ1) is 14.8. The molecule has 0 spiro atoms. The lowest BCUT2D eigenvalue weighted by Crippen LogP contribution is -2.25. The van der Waals surface area contributed by atoms with Crippen molar-refractivity contribution in [3.63, 3.8) is 0 Å². The molecule has 1 saturated carbocycles. The van der Waals surface area contributed by atoms with Gasteiger partial charge in [0.2, 0.25) is 15.9 Å². The van der Waals surface area contributed by atoms with E-state index < -0.39 is 10.0 Å². The highest BCUT2D eigenvalue weighted by Crippen LogP contribution is 2.29. The molecule has 2 N–H and O–H groups in total. The second-order valence-corrected chi connectivity index (χ2v) is 6.38. The van der Waals surface area contributed by atoms with Gasteiger partial charge in [-0.3, -0.25) is 4.79 Å². The minimum Gasteiger partial charge on any atom is -0.492 e. The van der Waals surface area contributed by atoms with E-state index in [4.69, 9.17) is 4.74 Å². The van der Waals surface area contributed by atoms with Crippen molar-refractivity contribution in [3.05, 3.63) is 18.2 Å². The summed E-state index contributed by atoms with van der Waals surface area (Å²) >= 11 is 0. The molecule has 1 fully saturated rings. The maximum Gasteiger partial charge on any atom is 0.240 e. The molecule has 0 bridgehead atoms. The number of rotatable bonds is 6. The highest BCUT2D eigenvalue weighted by molar-refractivity contribution is 7.89. The van der Waals surface area contributed by atoms with E-state index in [1.54, 1.807) is 6.07 Å². The number of benzene rings is 1. The predicted octanol–water partition coefficient (Wildman–Crippen LogP) is 1.48. The van der Waals surface area contributed by atoms with Crippen LogP contribution < -0.4 is 14.8 Å². The molecular weight excluding hydrogens is 280 g/mol. The molecule has 1 aromatic carbocycles. The average Bonchev–Trinajstić information content (AvgIpc) is 3.14. The molecule has 1 aromatic rings. The van der Waals surface area contributed by atoms with Crippen molar-refractivity contribution in [2.45, 2.75) is 37.6 Å². The maximum absolute atomic E-state index is 12.1. The van der Waals surface area contributed by atoms with Gasteiger partial charge in [-0.1, -0.05) is 0 Å². The van der Waals surface area contributed by atoms with Gasteiger partial charge in [-0.05, 0) is 38.0 Å². The highest BCUT2D eigenvalue weighted by Gasteiger charge is 2.28. The van der Waals surface area contributed by atoms with Crippen LogP contribution in [0.1, 0.15) is 26.7 Å². The molecule has 0 saturated heterocycles. The van der Waals surface area contributed by atoms with E-state index in [1.807, 2.05) is 6.92 Å². The molecule has 1 amide bonds. The minimum atomic E-state index is -3.54. The van der Waals surface area contributed by atoms with Gasteiger partial charge >= 0.3 is 0 Å². The van der Waals surface area contributed by atoms with Crippen LogP contribution in [0.2, 0.25) is 0 Å². The zero-order valence-electron chi connectivity index (χ0n) is 11.5. The summed E-state index contributed by atoms with van der Waals surface area (Å²) in [7, 11) is -3.54. The van der Waals surface area contributed by atoms with Crippen molar-refractivity contribution in [1.82, 2.24) is 4.72 Å². The number of carbonyl (C=O) groups is 1. The first-order valence-corrected chi connectivity index (χ1v) is 7.97. The Hall–Kier alpha value is -1.60. The molecule has 0 atom stereocenters. The smallest absolute Gasteiger partial charge is 0.240 e.